The quantitative estimate of drug-likeness (QED) is 0.457. The van der Waals surface area contributed by atoms with Crippen molar-refractivity contribution in [1.29, 1.82) is 0 Å². The van der Waals surface area contributed by atoms with E-state index in [2.05, 4.69) is 39.6 Å². The maximum absolute atomic E-state index is 5.18. The fourth-order valence-corrected chi connectivity index (χ4v) is 2.94. The number of nitrogens with one attached hydrogen (secondary N) is 2. The number of ether oxygens (including phenoxy) is 1. The maximum Gasteiger partial charge on any atom is 0.191 e. The molecule has 1 aliphatic rings. The van der Waals surface area contributed by atoms with E-state index < -0.39 is 0 Å². The van der Waals surface area contributed by atoms with E-state index in [1.54, 1.807) is 7.11 Å². The minimum atomic E-state index is 0.758. The number of nitrogens with zero attached hydrogens (tertiary/aromatic N) is 2. The Morgan fingerprint density at radius 2 is 1.92 bits per heavy atom. The van der Waals surface area contributed by atoms with Crippen LogP contribution < -0.4 is 15.4 Å². The van der Waals surface area contributed by atoms with Crippen LogP contribution in [0, 0.1) is 5.92 Å². The average molecular weight is 332 g/mol. The summed E-state index contributed by atoms with van der Waals surface area (Å²) < 4.78 is 5.18. The molecule has 0 saturated carbocycles. The first kappa shape index (κ1) is 18.6. The monoisotopic (exact) mass is 332 g/mol. The van der Waals surface area contributed by atoms with Gasteiger partial charge in [-0.05, 0) is 62.5 Å². The van der Waals surface area contributed by atoms with Crippen molar-refractivity contribution in [2.45, 2.75) is 32.7 Å². The molecule has 134 valence electrons. The fourth-order valence-electron chi connectivity index (χ4n) is 2.94. The molecule has 1 aromatic carbocycles. The van der Waals surface area contributed by atoms with Crippen LogP contribution in [0.25, 0.3) is 0 Å². The summed E-state index contributed by atoms with van der Waals surface area (Å²) in [4.78, 5) is 6.87. The minimum Gasteiger partial charge on any atom is -0.497 e. The van der Waals surface area contributed by atoms with Gasteiger partial charge in [0.1, 0.15) is 5.75 Å². The number of piperidine rings is 1. The summed E-state index contributed by atoms with van der Waals surface area (Å²) in [7, 11) is 3.50. The molecule has 0 amide bonds. The molecular weight excluding hydrogens is 300 g/mol. The maximum atomic E-state index is 5.18. The van der Waals surface area contributed by atoms with Gasteiger partial charge in [-0.1, -0.05) is 19.1 Å². The Labute approximate surface area is 146 Å². The predicted octanol–water partition coefficient (Wildman–Crippen LogP) is 2.48. The summed E-state index contributed by atoms with van der Waals surface area (Å²) in [5.41, 5.74) is 1.21. The number of likely N-dealkylation sites (tertiary alicyclic amines) is 1. The van der Waals surface area contributed by atoms with Gasteiger partial charge in [0.05, 0.1) is 7.11 Å². The summed E-state index contributed by atoms with van der Waals surface area (Å²) in [5.74, 6) is 2.65. The molecule has 2 N–H and O–H groups in total. The number of rotatable bonds is 7. The summed E-state index contributed by atoms with van der Waals surface area (Å²) >= 11 is 0. The van der Waals surface area contributed by atoms with E-state index >= 15 is 0 Å². The van der Waals surface area contributed by atoms with Crippen LogP contribution in [0.1, 0.15) is 31.7 Å². The normalized spacial score (nSPS) is 16.9. The molecule has 2 rings (SSSR count). The van der Waals surface area contributed by atoms with Crippen LogP contribution in [0.5, 0.6) is 5.75 Å². The first-order chi connectivity index (χ1) is 11.7. The molecule has 5 nitrogen and oxygen atoms in total. The number of hydrogen-bond acceptors (Lipinski definition) is 3. The van der Waals surface area contributed by atoms with Crippen molar-refractivity contribution < 1.29 is 4.74 Å². The van der Waals surface area contributed by atoms with E-state index in [0.717, 1.165) is 37.1 Å². The summed E-state index contributed by atoms with van der Waals surface area (Å²) in [6.07, 6.45) is 3.84. The third-order valence-electron chi connectivity index (χ3n) is 4.66. The molecule has 1 aliphatic heterocycles. The topological polar surface area (TPSA) is 48.9 Å². The highest BCUT2D eigenvalue weighted by Crippen LogP contribution is 2.15. The second kappa shape index (κ2) is 10.2. The lowest BCUT2D eigenvalue weighted by molar-refractivity contribution is 0.191. The molecule has 24 heavy (non-hydrogen) atoms. The van der Waals surface area contributed by atoms with Gasteiger partial charge in [0, 0.05) is 20.1 Å². The van der Waals surface area contributed by atoms with Gasteiger partial charge in [0.25, 0.3) is 0 Å². The number of guanidine groups is 1. The standard InChI is InChI=1S/C19H32N4O/c1-16-9-13-23(14-10-16)12-4-11-21-19(20-2)22-15-17-5-7-18(24-3)8-6-17/h5-8,16H,4,9-15H2,1-3H3,(H2,20,21,22). The second-order valence-electron chi connectivity index (χ2n) is 6.58. The Morgan fingerprint density at radius 3 is 2.54 bits per heavy atom. The SMILES string of the molecule is CN=C(NCCCN1CCC(C)CC1)NCc1ccc(OC)cc1. The lowest BCUT2D eigenvalue weighted by Crippen LogP contribution is -2.39. The number of aliphatic imine (C=N–C) groups is 1. The highest BCUT2D eigenvalue weighted by atomic mass is 16.5. The van der Waals surface area contributed by atoms with Gasteiger partial charge in [-0.3, -0.25) is 4.99 Å². The van der Waals surface area contributed by atoms with E-state index in [-0.39, 0.29) is 0 Å². The van der Waals surface area contributed by atoms with Crippen molar-refractivity contribution in [3.8, 4) is 5.75 Å². The molecule has 1 saturated heterocycles. The van der Waals surface area contributed by atoms with Crippen LogP contribution in [0.3, 0.4) is 0 Å². The molecule has 5 heteroatoms. The zero-order chi connectivity index (χ0) is 17.2. The van der Waals surface area contributed by atoms with Crippen molar-refractivity contribution in [3.63, 3.8) is 0 Å². The van der Waals surface area contributed by atoms with Gasteiger partial charge in [-0.25, -0.2) is 0 Å². The van der Waals surface area contributed by atoms with E-state index in [1.807, 2.05) is 19.2 Å². The van der Waals surface area contributed by atoms with Gasteiger partial charge < -0.3 is 20.3 Å². The molecule has 0 atom stereocenters. The number of methoxy groups -OCH3 is 1. The van der Waals surface area contributed by atoms with Crippen molar-refractivity contribution in [2.24, 2.45) is 10.9 Å². The van der Waals surface area contributed by atoms with Crippen molar-refractivity contribution in [3.05, 3.63) is 29.8 Å². The van der Waals surface area contributed by atoms with Crippen LogP contribution in [0.4, 0.5) is 0 Å². The van der Waals surface area contributed by atoms with Gasteiger partial charge in [0.15, 0.2) is 5.96 Å². The lowest BCUT2D eigenvalue weighted by atomic mass is 9.99. The zero-order valence-corrected chi connectivity index (χ0v) is 15.3. The van der Waals surface area contributed by atoms with Crippen molar-refractivity contribution >= 4 is 5.96 Å². The molecule has 0 aromatic heterocycles. The zero-order valence-electron chi connectivity index (χ0n) is 15.3. The van der Waals surface area contributed by atoms with Crippen LogP contribution >= 0.6 is 0 Å². The smallest absolute Gasteiger partial charge is 0.191 e. The van der Waals surface area contributed by atoms with Crippen LogP contribution in [-0.2, 0) is 6.54 Å². The van der Waals surface area contributed by atoms with Gasteiger partial charge >= 0.3 is 0 Å². The average Bonchev–Trinajstić information content (AvgIpc) is 2.63. The molecule has 1 aromatic rings. The van der Waals surface area contributed by atoms with Crippen molar-refractivity contribution in [2.75, 3.05) is 40.3 Å². The van der Waals surface area contributed by atoms with Gasteiger partial charge in [0.2, 0.25) is 0 Å². The summed E-state index contributed by atoms with van der Waals surface area (Å²) in [5, 5.41) is 6.75. The molecule has 0 unspecified atom stereocenters. The van der Waals surface area contributed by atoms with Gasteiger partial charge in [-0.15, -0.1) is 0 Å². The molecule has 1 heterocycles. The third kappa shape index (κ3) is 6.40. The van der Waals surface area contributed by atoms with Gasteiger partial charge in [-0.2, -0.15) is 0 Å². The molecule has 0 spiro atoms. The largest absolute Gasteiger partial charge is 0.497 e. The summed E-state index contributed by atoms with van der Waals surface area (Å²) in [6, 6.07) is 8.09. The Bertz CT molecular complexity index is 493. The highest BCUT2D eigenvalue weighted by Gasteiger charge is 2.14. The van der Waals surface area contributed by atoms with E-state index in [4.69, 9.17) is 4.74 Å². The van der Waals surface area contributed by atoms with Crippen molar-refractivity contribution in [1.82, 2.24) is 15.5 Å². The predicted molar refractivity (Wildman–Crippen MR) is 101 cm³/mol. The van der Waals surface area contributed by atoms with E-state index in [0.29, 0.717) is 0 Å². The Kier molecular flexibility index (Phi) is 7.89. The lowest BCUT2D eigenvalue weighted by Gasteiger charge is -2.30. The summed E-state index contributed by atoms with van der Waals surface area (Å²) in [6.45, 7) is 7.76. The Balaban J connectivity index is 1.61. The number of hydrogen-bond donors (Lipinski definition) is 2. The first-order valence-electron chi connectivity index (χ1n) is 9.01. The second-order valence-corrected chi connectivity index (χ2v) is 6.58. The Morgan fingerprint density at radius 1 is 1.21 bits per heavy atom. The fraction of sp³-hybridized carbons (Fsp3) is 0.632. The number of benzene rings is 1. The molecule has 0 radical (unpaired) electrons. The minimum absolute atomic E-state index is 0.758. The molecular formula is C19H32N4O. The van der Waals surface area contributed by atoms with E-state index in [9.17, 15) is 0 Å². The van der Waals surface area contributed by atoms with Crippen LogP contribution in [0.2, 0.25) is 0 Å². The first-order valence-corrected chi connectivity index (χ1v) is 9.01. The molecule has 0 aliphatic carbocycles. The van der Waals surface area contributed by atoms with Crippen LogP contribution in [0.15, 0.2) is 29.3 Å². The molecule has 0 bridgehead atoms. The molecule has 1 fully saturated rings. The third-order valence-corrected chi connectivity index (χ3v) is 4.66. The van der Waals surface area contributed by atoms with Crippen LogP contribution in [-0.4, -0.2) is 51.2 Å². The highest BCUT2D eigenvalue weighted by molar-refractivity contribution is 5.79. The van der Waals surface area contributed by atoms with E-state index in [1.165, 1.54) is 38.0 Å². The Hall–Kier alpha value is -1.75.